The predicted octanol–water partition coefficient (Wildman–Crippen LogP) is 5.53. The van der Waals surface area contributed by atoms with Gasteiger partial charge in [-0.25, -0.2) is 4.99 Å². The first-order valence-electron chi connectivity index (χ1n) is 9.49. The highest BCUT2D eigenvalue weighted by Gasteiger charge is 2.25. The summed E-state index contributed by atoms with van der Waals surface area (Å²) >= 11 is 0. The topological polar surface area (TPSA) is 66.8 Å². The van der Waals surface area contributed by atoms with Gasteiger partial charge in [-0.3, -0.25) is 0 Å². The number of phenols is 1. The van der Waals surface area contributed by atoms with Gasteiger partial charge in [0.25, 0.3) is 0 Å². The van der Waals surface area contributed by atoms with E-state index >= 15 is 0 Å². The maximum atomic E-state index is 9.97. The van der Waals surface area contributed by atoms with E-state index in [1.165, 1.54) is 0 Å². The standard InChI is InChI=1S/C24H20N2O3/c1-28-24-12-15(10-11-21(24)27)23-13-20(26-19-8-4-5-9-22(19)29-23)17-14-25-18-7-3-2-6-16(17)18/h2-12,14,23,25,27H,13H2,1H3. The fourth-order valence-corrected chi connectivity index (χ4v) is 3.77. The fourth-order valence-electron chi connectivity index (χ4n) is 3.77. The number of aromatic nitrogens is 1. The van der Waals surface area contributed by atoms with E-state index in [0.29, 0.717) is 12.2 Å². The highest BCUT2D eigenvalue weighted by atomic mass is 16.5. The number of fused-ring (bicyclic) bond motifs is 2. The molecule has 5 rings (SSSR count). The SMILES string of the molecule is COc1cc(C2CC(c3c[nH]c4ccccc34)=Nc3ccccc3O2)ccc1O. The molecule has 0 saturated carbocycles. The summed E-state index contributed by atoms with van der Waals surface area (Å²) in [6.07, 6.45) is 2.33. The maximum Gasteiger partial charge on any atom is 0.160 e. The zero-order chi connectivity index (χ0) is 19.8. The Labute approximate surface area is 168 Å². The van der Waals surface area contributed by atoms with E-state index in [0.717, 1.165) is 39.2 Å². The molecule has 0 spiro atoms. The second-order valence-electron chi connectivity index (χ2n) is 7.02. The van der Waals surface area contributed by atoms with Gasteiger partial charge in [-0.15, -0.1) is 0 Å². The molecular formula is C24H20N2O3. The lowest BCUT2D eigenvalue weighted by atomic mass is 9.98. The van der Waals surface area contributed by atoms with Gasteiger partial charge in [0.05, 0.1) is 12.8 Å². The summed E-state index contributed by atoms with van der Waals surface area (Å²) < 4.78 is 11.7. The average Bonchev–Trinajstić information content (AvgIpc) is 3.08. The Balaban J connectivity index is 1.64. The van der Waals surface area contributed by atoms with Gasteiger partial charge in [0, 0.05) is 29.1 Å². The summed E-state index contributed by atoms with van der Waals surface area (Å²) in [5, 5.41) is 11.1. The second-order valence-corrected chi connectivity index (χ2v) is 7.02. The van der Waals surface area contributed by atoms with Gasteiger partial charge in [-0.2, -0.15) is 0 Å². The zero-order valence-electron chi connectivity index (χ0n) is 15.9. The normalized spacial score (nSPS) is 15.9. The summed E-state index contributed by atoms with van der Waals surface area (Å²) in [5.41, 5.74) is 4.82. The third-order valence-electron chi connectivity index (χ3n) is 5.24. The minimum atomic E-state index is -0.263. The molecule has 0 saturated heterocycles. The molecule has 1 unspecified atom stereocenters. The highest BCUT2D eigenvalue weighted by Crippen LogP contribution is 2.40. The molecule has 0 radical (unpaired) electrons. The van der Waals surface area contributed by atoms with Crippen LogP contribution in [0.2, 0.25) is 0 Å². The number of nitrogens with one attached hydrogen (secondary N) is 1. The van der Waals surface area contributed by atoms with Crippen LogP contribution in [0.4, 0.5) is 5.69 Å². The molecule has 0 aliphatic carbocycles. The van der Waals surface area contributed by atoms with Gasteiger partial charge in [0.2, 0.25) is 0 Å². The number of phenolic OH excluding ortho intramolecular Hbond substituents is 1. The minimum Gasteiger partial charge on any atom is -0.504 e. The number of methoxy groups -OCH3 is 1. The van der Waals surface area contributed by atoms with Crippen LogP contribution in [0.25, 0.3) is 10.9 Å². The molecule has 0 fully saturated rings. The number of para-hydroxylation sites is 3. The molecule has 3 aromatic carbocycles. The lowest BCUT2D eigenvalue weighted by Crippen LogP contribution is -2.12. The van der Waals surface area contributed by atoms with Crippen molar-refractivity contribution in [1.29, 1.82) is 0 Å². The molecule has 5 heteroatoms. The van der Waals surface area contributed by atoms with Gasteiger partial charge in [0.15, 0.2) is 11.5 Å². The molecule has 0 amide bonds. The van der Waals surface area contributed by atoms with Crippen molar-refractivity contribution in [2.45, 2.75) is 12.5 Å². The number of rotatable bonds is 3. The summed E-state index contributed by atoms with van der Waals surface area (Å²) in [6, 6.07) is 21.3. The Hall–Kier alpha value is -3.73. The molecule has 4 aromatic rings. The number of hydrogen-bond acceptors (Lipinski definition) is 4. The molecule has 1 aliphatic heterocycles. The lowest BCUT2D eigenvalue weighted by molar-refractivity contribution is 0.217. The number of aromatic hydroxyl groups is 1. The number of ether oxygens (including phenoxy) is 2. The quantitative estimate of drug-likeness (QED) is 0.488. The number of nitrogens with zero attached hydrogens (tertiary/aromatic N) is 1. The molecule has 2 N–H and O–H groups in total. The fraction of sp³-hybridized carbons (Fsp3) is 0.125. The molecule has 1 aromatic heterocycles. The van der Waals surface area contributed by atoms with Crippen LogP contribution in [0.3, 0.4) is 0 Å². The molecule has 0 bridgehead atoms. The van der Waals surface area contributed by atoms with Gasteiger partial charge >= 0.3 is 0 Å². The Kier molecular flexibility index (Phi) is 4.21. The average molecular weight is 384 g/mol. The number of aromatic amines is 1. The van der Waals surface area contributed by atoms with Crippen molar-refractivity contribution in [1.82, 2.24) is 4.98 Å². The molecule has 144 valence electrons. The maximum absolute atomic E-state index is 9.97. The van der Waals surface area contributed by atoms with Crippen LogP contribution in [0.1, 0.15) is 23.7 Å². The minimum absolute atomic E-state index is 0.107. The highest BCUT2D eigenvalue weighted by molar-refractivity contribution is 6.12. The first-order chi connectivity index (χ1) is 14.2. The van der Waals surface area contributed by atoms with Gasteiger partial charge in [0.1, 0.15) is 17.5 Å². The predicted molar refractivity (Wildman–Crippen MR) is 114 cm³/mol. The Morgan fingerprint density at radius 3 is 2.79 bits per heavy atom. The van der Waals surface area contributed by atoms with Crippen LogP contribution in [-0.2, 0) is 0 Å². The largest absolute Gasteiger partial charge is 0.504 e. The molecule has 1 atom stereocenters. The van der Waals surface area contributed by atoms with Crippen molar-refractivity contribution in [2.24, 2.45) is 4.99 Å². The zero-order valence-corrected chi connectivity index (χ0v) is 15.9. The number of aliphatic imine (C=N–C) groups is 1. The van der Waals surface area contributed by atoms with E-state index in [9.17, 15) is 5.11 Å². The lowest BCUT2D eigenvalue weighted by Gasteiger charge is -2.19. The van der Waals surface area contributed by atoms with E-state index in [1.807, 2.05) is 54.7 Å². The van der Waals surface area contributed by atoms with Crippen LogP contribution in [0, 0.1) is 0 Å². The van der Waals surface area contributed by atoms with Gasteiger partial charge in [-0.05, 0) is 35.9 Å². The van der Waals surface area contributed by atoms with Crippen LogP contribution in [0.5, 0.6) is 17.2 Å². The molecule has 1 aliphatic rings. The van der Waals surface area contributed by atoms with Crippen LogP contribution < -0.4 is 9.47 Å². The number of hydrogen-bond donors (Lipinski definition) is 2. The summed E-state index contributed by atoms with van der Waals surface area (Å²) in [4.78, 5) is 8.29. The molecule has 2 heterocycles. The van der Waals surface area contributed by atoms with E-state index in [-0.39, 0.29) is 11.9 Å². The Morgan fingerprint density at radius 2 is 1.90 bits per heavy atom. The molecule has 29 heavy (non-hydrogen) atoms. The van der Waals surface area contributed by atoms with Crippen LogP contribution in [-0.4, -0.2) is 22.9 Å². The molecule has 5 nitrogen and oxygen atoms in total. The Morgan fingerprint density at radius 1 is 1.07 bits per heavy atom. The van der Waals surface area contributed by atoms with Gasteiger partial charge in [-0.1, -0.05) is 36.4 Å². The number of H-pyrrole nitrogens is 1. The monoisotopic (exact) mass is 384 g/mol. The van der Waals surface area contributed by atoms with Crippen molar-refractivity contribution in [2.75, 3.05) is 7.11 Å². The van der Waals surface area contributed by atoms with Crippen molar-refractivity contribution in [3.8, 4) is 17.2 Å². The Bertz CT molecular complexity index is 1230. The van der Waals surface area contributed by atoms with E-state index < -0.39 is 0 Å². The molecular weight excluding hydrogens is 364 g/mol. The van der Waals surface area contributed by atoms with Crippen molar-refractivity contribution in [3.05, 3.63) is 84.1 Å². The van der Waals surface area contributed by atoms with E-state index in [1.54, 1.807) is 13.2 Å². The second kappa shape index (κ2) is 7.02. The third-order valence-corrected chi connectivity index (χ3v) is 5.24. The summed E-state index contributed by atoms with van der Waals surface area (Å²) in [7, 11) is 1.54. The smallest absolute Gasteiger partial charge is 0.160 e. The first kappa shape index (κ1) is 17.4. The van der Waals surface area contributed by atoms with Gasteiger partial charge < -0.3 is 19.6 Å². The summed E-state index contributed by atoms with van der Waals surface area (Å²) in [6.45, 7) is 0. The van der Waals surface area contributed by atoms with Crippen LogP contribution >= 0.6 is 0 Å². The third kappa shape index (κ3) is 3.10. The van der Waals surface area contributed by atoms with Crippen molar-refractivity contribution >= 4 is 22.3 Å². The van der Waals surface area contributed by atoms with E-state index in [4.69, 9.17) is 14.5 Å². The van der Waals surface area contributed by atoms with Crippen molar-refractivity contribution in [3.63, 3.8) is 0 Å². The first-order valence-corrected chi connectivity index (χ1v) is 9.49. The summed E-state index contributed by atoms with van der Waals surface area (Å²) in [5.74, 6) is 1.27. The van der Waals surface area contributed by atoms with E-state index in [2.05, 4.69) is 17.1 Å². The number of benzene rings is 3. The van der Waals surface area contributed by atoms with Crippen molar-refractivity contribution < 1.29 is 14.6 Å². The van der Waals surface area contributed by atoms with Crippen LogP contribution in [0.15, 0.2) is 77.9 Å².